The molecular formula is C17H21FIN3O2S. The Morgan fingerprint density at radius 1 is 1.16 bits per heavy atom. The topological polar surface area (TPSA) is 68.9 Å². The van der Waals surface area contributed by atoms with Crippen LogP contribution in [0.1, 0.15) is 0 Å². The van der Waals surface area contributed by atoms with Gasteiger partial charge in [0.15, 0.2) is 5.96 Å². The number of halogens is 2. The van der Waals surface area contributed by atoms with Gasteiger partial charge in [-0.3, -0.25) is 4.99 Å². The third kappa shape index (κ3) is 6.99. The number of nitrogens with one attached hydrogen (secondary N) is 1. The van der Waals surface area contributed by atoms with E-state index in [1.165, 1.54) is 12.1 Å². The maximum absolute atomic E-state index is 12.8. The summed E-state index contributed by atoms with van der Waals surface area (Å²) < 4.78 is 23.3. The molecule has 0 aromatic heterocycles. The largest absolute Gasteiger partial charge is 0.497 e. The Labute approximate surface area is 168 Å². The van der Waals surface area contributed by atoms with E-state index in [-0.39, 0.29) is 29.8 Å². The van der Waals surface area contributed by atoms with Gasteiger partial charge in [-0.1, -0.05) is 0 Å². The number of hydrogen-bond donors (Lipinski definition) is 2. The molecule has 2 rings (SSSR count). The molecule has 0 aliphatic carbocycles. The molecule has 2 aromatic carbocycles. The molecule has 0 amide bonds. The average Bonchev–Trinajstić information content (AvgIpc) is 2.60. The molecule has 0 saturated heterocycles. The first-order valence-corrected chi connectivity index (χ1v) is 8.28. The second-order valence-electron chi connectivity index (χ2n) is 4.76. The van der Waals surface area contributed by atoms with Gasteiger partial charge in [-0.05, 0) is 36.4 Å². The van der Waals surface area contributed by atoms with Crippen molar-refractivity contribution < 1.29 is 13.9 Å². The number of methoxy groups -OCH3 is 2. The van der Waals surface area contributed by atoms with E-state index in [4.69, 9.17) is 15.2 Å². The fraction of sp³-hybridized carbons (Fsp3) is 0.235. The molecule has 0 bridgehead atoms. The zero-order valence-corrected chi connectivity index (χ0v) is 17.1. The van der Waals surface area contributed by atoms with Crippen molar-refractivity contribution in [1.29, 1.82) is 0 Å². The van der Waals surface area contributed by atoms with Crippen LogP contribution in [0.3, 0.4) is 0 Å². The Bertz CT molecular complexity index is 699. The number of hydrogen-bond acceptors (Lipinski definition) is 4. The fourth-order valence-electron chi connectivity index (χ4n) is 1.95. The molecule has 0 aliphatic heterocycles. The van der Waals surface area contributed by atoms with Gasteiger partial charge in [-0.15, -0.1) is 35.7 Å². The van der Waals surface area contributed by atoms with Gasteiger partial charge < -0.3 is 20.5 Å². The molecule has 5 nitrogen and oxygen atoms in total. The number of guanidine groups is 1. The van der Waals surface area contributed by atoms with Crippen molar-refractivity contribution in [3.63, 3.8) is 0 Å². The van der Waals surface area contributed by atoms with Crippen LogP contribution in [-0.4, -0.2) is 32.5 Å². The van der Waals surface area contributed by atoms with Crippen LogP contribution in [0.15, 0.2) is 52.4 Å². The normalized spacial score (nSPS) is 10.8. The monoisotopic (exact) mass is 477 g/mol. The Morgan fingerprint density at radius 3 is 2.52 bits per heavy atom. The third-order valence-corrected chi connectivity index (χ3v) is 4.12. The highest BCUT2D eigenvalue weighted by Crippen LogP contribution is 2.28. The molecular weight excluding hydrogens is 456 g/mol. The summed E-state index contributed by atoms with van der Waals surface area (Å²) in [5.74, 6) is 2.13. The maximum atomic E-state index is 12.8. The summed E-state index contributed by atoms with van der Waals surface area (Å²) >= 11 is 1.59. The minimum absolute atomic E-state index is 0. The SMILES string of the molecule is COc1ccc(OC)c(NC(N)=NCCSc2ccc(F)cc2)c1.I. The van der Waals surface area contributed by atoms with Crippen molar-refractivity contribution in [1.82, 2.24) is 0 Å². The van der Waals surface area contributed by atoms with Crippen LogP contribution in [-0.2, 0) is 0 Å². The van der Waals surface area contributed by atoms with E-state index in [1.54, 1.807) is 56.3 Å². The molecule has 0 heterocycles. The Hall–Kier alpha value is -1.68. The van der Waals surface area contributed by atoms with Crippen molar-refractivity contribution in [2.24, 2.45) is 10.7 Å². The number of nitrogens with zero attached hydrogens (tertiary/aromatic N) is 1. The van der Waals surface area contributed by atoms with Crippen LogP contribution in [0, 0.1) is 5.82 Å². The van der Waals surface area contributed by atoms with Crippen LogP contribution in [0.4, 0.5) is 10.1 Å². The molecule has 8 heteroatoms. The van der Waals surface area contributed by atoms with Gasteiger partial charge in [0.05, 0.1) is 26.5 Å². The molecule has 0 fully saturated rings. The summed E-state index contributed by atoms with van der Waals surface area (Å²) in [4.78, 5) is 5.27. The Morgan fingerprint density at radius 2 is 1.88 bits per heavy atom. The number of ether oxygens (including phenoxy) is 2. The molecule has 0 spiro atoms. The van der Waals surface area contributed by atoms with Crippen molar-refractivity contribution in [2.75, 3.05) is 31.8 Å². The summed E-state index contributed by atoms with van der Waals surface area (Å²) in [5.41, 5.74) is 6.59. The molecule has 2 aromatic rings. The van der Waals surface area contributed by atoms with Crippen LogP contribution in [0.5, 0.6) is 11.5 Å². The summed E-state index contributed by atoms with van der Waals surface area (Å²) in [6.07, 6.45) is 0. The van der Waals surface area contributed by atoms with E-state index in [1.807, 2.05) is 0 Å². The Kier molecular flexibility index (Phi) is 9.43. The average molecular weight is 477 g/mol. The highest BCUT2D eigenvalue weighted by atomic mass is 127. The number of rotatable bonds is 7. The lowest BCUT2D eigenvalue weighted by atomic mass is 10.2. The van der Waals surface area contributed by atoms with Crippen LogP contribution < -0.4 is 20.5 Å². The zero-order chi connectivity index (χ0) is 17.4. The molecule has 0 radical (unpaired) electrons. The molecule has 0 unspecified atom stereocenters. The van der Waals surface area contributed by atoms with Gasteiger partial charge in [0.1, 0.15) is 17.3 Å². The van der Waals surface area contributed by atoms with E-state index in [0.717, 1.165) is 10.6 Å². The van der Waals surface area contributed by atoms with Crippen molar-refractivity contribution in [2.45, 2.75) is 4.90 Å². The predicted octanol–water partition coefficient (Wildman–Crippen LogP) is 3.98. The van der Waals surface area contributed by atoms with Gasteiger partial charge in [-0.2, -0.15) is 0 Å². The highest BCUT2D eigenvalue weighted by molar-refractivity contribution is 14.0. The molecule has 25 heavy (non-hydrogen) atoms. The highest BCUT2D eigenvalue weighted by Gasteiger charge is 2.06. The van der Waals surface area contributed by atoms with Gasteiger partial charge in [0.25, 0.3) is 0 Å². The summed E-state index contributed by atoms with van der Waals surface area (Å²) in [6, 6.07) is 11.7. The van der Waals surface area contributed by atoms with Crippen molar-refractivity contribution >= 4 is 47.4 Å². The lowest BCUT2D eigenvalue weighted by Crippen LogP contribution is -2.23. The van der Waals surface area contributed by atoms with Crippen LogP contribution in [0.2, 0.25) is 0 Å². The first kappa shape index (κ1) is 21.4. The van der Waals surface area contributed by atoms with E-state index in [0.29, 0.717) is 29.7 Å². The minimum Gasteiger partial charge on any atom is -0.497 e. The summed E-state index contributed by atoms with van der Waals surface area (Å²) in [7, 11) is 3.18. The molecule has 0 atom stereocenters. The van der Waals surface area contributed by atoms with Crippen LogP contribution in [0.25, 0.3) is 0 Å². The van der Waals surface area contributed by atoms with Crippen molar-refractivity contribution in [3.05, 3.63) is 48.3 Å². The number of aliphatic imine (C=N–C) groups is 1. The fourth-order valence-corrected chi connectivity index (χ4v) is 2.70. The van der Waals surface area contributed by atoms with Gasteiger partial charge in [-0.25, -0.2) is 4.39 Å². The maximum Gasteiger partial charge on any atom is 0.193 e. The first-order valence-electron chi connectivity index (χ1n) is 7.29. The van der Waals surface area contributed by atoms with E-state index in [2.05, 4.69) is 10.3 Å². The second kappa shape index (κ2) is 11.0. The summed E-state index contributed by atoms with van der Waals surface area (Å²) in [6.45, 7) is 0.535. The lowest BCUT2D eigenvalue weighted by molar-refractivity contribution is 0.405. The molecule has 0 aliphatic rings. The number of nitrogens with two attached hydrogens (primary N) is 1. The zero-order valence-electron chi connectivity index (χ0n) is 14.0. The Balaban J connectivity index is 0.00000312. The van der Waals surface area contributed by atoms with Gasteiger partial charge >= 0.3 is 0 Å². The quantitative estimate of drug-likeness (QED) is 0.208. The van der Waals surface area contributed by atoms with Crippen LogP contribution >= 0.6 is 35.7 Å². The summed E-state index contributed by atoms with van der Waals surface area (Å²) in [5, 5.41) is 3.01. The van der Waals surface area contributed by atoms with E-state index >= 15 is 0 Å². The molecule has 3 N–H and O–H groups in total. The molecule has 136 valence electrons. The second-order valence-corrected chi connectivity index (χ2v) is 5.93. The van der Waals surface area contributed by atoms with Crippen molar-refractivity contribution in [3.8, 4) is 11.5 Å². The predicted molar refractivity (Wildman–Crippen MR) is 112 cm³/mol. The third-order valence-electron chi connectivity index (χ3n) is 3.13. The number of anilines is 1. The molecule has 0 saturated carbocycles. The van der Waals surface area contributed by atoms with E-state index in [9.17, 15) is 4.39 Å². The standard InChI is InChI=1S/C17H20FN3O2S.HI/c1-22-13-5-8-16(23-2)15(11-13)21-17(19)20-9-10-24-14-6-3-12(18)4-7-14;/h3-8,11H,9-10H2,1-2H3,(H3,19,20,21);1H. The number of thioether (sulfide) groups is 1. The van der Waals surface area contributed by atoms with Gasteiger partial charge in [0.2, 0.25) is 0 Å². The smallest absolute Gasteiger partial charge is 0.193 e. The number of benzene rings is 2. The minimum atomic E-state index is -0.238. The van der Waals surface area contributed by atoms with Gasteiger partial charge in [0, 0.05) is 16.7 Å². The van der Waals surface area contributed by atoms with E-state index < -0.39 is 0 Å². The first-order chi connectivity index (χ1) is 11.6. The lowest BCUT2D eigenvalue weighted by Gasteiger charge is -2.12.